The molecule has 0 aliphatic carbocycles. The second kappa shape index (κ2) is 9.48. The van der Waals surface area contributed by atoms with Crippen LogP contribution < -0.4 is 15.5 Å². The van der Waals surface area contributed by atoms with Crippen molar-refractivity contribution in [1.29, 1.82) is 0 Å². The number of hydrogen-bond donors (Lipinski definition) is 2. The minimum absolute atomic E-state index is 0.0693. The second-order valence-corrected chi connectivity index (χ2v) is 8.23. The summed E-state index contributed by atoms with van der Waals surface area (Å²) in [6.07, 6.45) is 0. The lowest BCUT2D eigenvalue weighted by atomic mass is 10.1. The summed E-state index contributed by atoms with van der Waals surface area (Å²) in [7, 11) is 0. The predicted molar refractivity (Wildman–Crippen MR) is 129 cm³/mol. The molecule has 0 radical (unpaired) electrons. The number of anilines is 2. The number of halogens is 2. The number of nitrogens with zero attached hydrogens (tertiary/aromatic N) is 1. The Kier molecular flexibility index (Phi) is 6.49. The number of amides is 3. The first-order valence-electron chi connectivity index (χ1n) is 10.1. The lowest BCUT2D eigenvalue weighted by molar-refractivity contribution is -0.120. The van der Waals surface area contributed by atoms with Gasteiger partial charge in [-0.2, -0.15) is 0 Å². The number of nitrogens with one attached hydrogen (secondary N) is 2. The molecule has 0 spiro atoms. The molecule has 33 heavy (non-hydrogen) atoms. The molecular weight excluding hydrogens is 461 g/mol. The average Bonchev–Trinajstić information content (AvgIpc) is 3.03. The van der Waals surface area contributed by atoms with Crippen LogP contribution in [0.25, 0.3) is 0 Å². The molecule has 0 atom stereocenters. The van der Waals surface area contributed by atoms with Gasteiger partial charge in [0.1, 0.15) is 10.7 Å². The van der Waals surface area contributed by atoms with Gasteiger partial charge < -0.3 is 10.6 Å². The van der Waals surface area contributed by atoms with E-state index in [0.717, 1.165) is 16.0 Å². The van der Waals surface area contributed by atoms with Gasteiger partial charge in [-0.15, -0.1) is 0 Å². The molecule has 6 nitrogen and oxygen atoms in total. The number of aryl methyl sites for hydroxylation is 1. The maximum absolute atomic E-state index is 13.0. The third-order valence-corrected chi connectivity index (χ3v) is 5.89. The minimum atomic E-state index is -0.652. The fraction of sp³-hybridized carbons (Fsp3) is 0.0800. The molecule has 0 unspecified atom stereocenters. The van der Waals surface area contributed by atoms with Crippen LogP contribution in [0.3, 0.4) is 0 Å². The SMILES string of the molecule is Cc1ccc(N2C(=O)C(Cl)=C(Nc3cccc(C(=O)NCc4ccccc4)c3)C2=O)cc1Cl. The van der Waals surface area contributed by atoms with E-state index in [1.165, 1.54) is 6.07 Å². The van der Waals surface area contributed by atoms with Crippen LogP contribution in [0.15, 0.2) is 83.5 Å². The Labute approximate surface area is 200 Å². The Hall–Kier alpha value is -3.61. The van der Waals surface area contributed by atoms with Gasteiger partial charge in [0, 0.05) is 22.8 Å². The zero-order valence-electron chi connectivity index (χ0n) is 17.6. The maximum Gasteiger partial charge on any atom is 0.283 e. The fourth-order valence-corrected chi connectivity index (χ4v) is 3.72. The number of hydrogen-bond acceptors (Lipinski definition) is 4. The molecule has 1 aliphatic heterocycles. The first kappa shape index (κ1) is 22.6. The molecule has 0 bridgehead atoms. The highest BCUT2D eigenvalue weighted by Crippen LogP contribution is 2.32. The molecule has 3 amide bonds. The Morgan fingerprint density at radius 1 is 0.909 bits per heavy atom. The highest BCUT2D eigenvalue weighted by molar-refractivity contribution is 6.53. The van der Waals surface area contributed by atoms with Crippen LogP contribution in [-0.4, -0.2) is 17.7 Å². The van der Waals surface area contributed by atoms with Crippen LogP contribution in [0.1, 0.15) is 21.5 Å². The number of imide groups is 1. The molecule has 0 aromatic heterocycles. The molecule has 3 aromatic carbocycles. The molecule has 1 heterocycles. The van der Waals surface area contributed by atoms with Gasteiger partial charge in [0.2, 0.25) is 0 Å². The number of carbonyl (C=O) groups excluding carboxylic acids is 3. The van der Waals surface area contributed by atoms with Gasteiger partial charge in [0.25, 0.3) is 17.7 Å². The molecule has 2 N–H and O–H groups in total. The predicted octanol–water partition coefficient (Wildman–Crippen LogP) is 5.01. The average molecular weight is 480 g/mol. The summed E-state index contributed by atoms with van der Waals surface area (Å²) in [5.74, 6) is -1.53. The monoisotopic (exact) mass is 479 g/mol. The Balaban J connectivity index is 1.50. The summed E-state index contributed by atoms with van der Waals surface area (Å²) in [6.45, 7) is 2.20. The summed E-state index contributed by atoms with van der Waals surface area (Å²) >= 11 is 12.4. The van der Waals surface area contributed by atoms with Crippen LogP contribution >= 0.6 is 23.2 Å². The van der Waals surface area contributed by atoms with E-state index in [4.69, 9.17) is 23.2 Å². The fourth-order valence-electron chi connectivity index (χ4n) is 3.33. The molecule has 1 aliphatic rings. The van der Waals surface area contributed by atoms with Gasteiger partial charge >= 0.3 is 0 Å². The van der Waals surface area contributed by atoms with Crippen molar-refractivity contribution in [3.63, 3.8) is 0 Å². The van der Waals surface area contributed by atoms with Crippen LogP contribution in [0.4, 0.5) is 11.4 Å². The van der Waals surface area contributed by atoms with Crippen molar-refractivity contribution in [2.24, 2.45) is 0 Å². The van der Waals surface area contributed by atoms with Crippen LogP contribution in [0, 0.1) is 6.92 Å². The van der Waals surface area contributed by atoms with Gasteiger partial charge in [-0.1, -0.05) is 65.7 Å². The van der Waals surface area contributed by atoms with Gasteiger partial charge in [0.15, 0.2) is 0 Å². The van der Waals surface area contributed by atoms with E-state index in [2.05, 4.69) is 10.6 Å². The quantitative estimate of drug-likeness (QED) is 0.486. The zero-order valence-corrected chi connectivity index (χ0v) is 19.1. The molecule has 0 fully saturated rings. The molecule has 0 saturated carbocycles. The molecule has 8 heteroatoms. The van der Waals surface area contributed by atoms with Crippen LogP contribution in [-0.2, 0) is 16.1 Å². The third kappa shape index (κ3) is 4.77. The Bertz CT molecular complexity index is 1290. The lowest BCUT2D eigenvalue weighted by Gasteiger charge is -2.16. The summed E-state index contributed by atoms with van der Waals surface area (Å²) < 4.78 is 0. The van der Waals surface area contributed by atoms with Crippen molar-refractivity contribution in [3.8, 4) is 0 Å². The maximum atomic E-state index is 13.0. The van der Waals surface area contributed by atoms with E-state index in [1.54, 1.807) is 36.4 Å². The Morgan fingerprint density at radius 3 is 2.39 bits per heavy atom. The third-order valence-electron chi connectivity index (χ3n) is 5.13. The van der Waals surface area contributed by atoms with E-state index < -0.39 is 11.8 Å². The molecule has 4 rings (SSSR count). The van der Waals surface area contributed by atoms with E-state index in [1.807, 2.05) is 37.3 Å². The minimum Gasteiger partial charge on any atom is -0.350 e. The molecule has 0 saturated heterocycles. The highest BCUT2D eigenvalue weighted by atomic mass is 35.5. The molecule has 166 valence electrons. The van der Waals surface area contributed by atoms with Crippen molar-refractivity contribution in [3.05, 3.63) is 105 Å². The largest absolute Gasteiger partial charge is 0.350 e. The summed E-state index contributed by atoms with van der Waals surface area (Å²) in [6, 6.07) is 21.0. The number of benzene rings is 3. The van der Waals surface area contributed by atoms with Gasteiger partial charge in [-0.25, -0.2) is 4.90 Å². The zero-order chi connectivity index (χ0) is 23.5. The van der Waals surface area contributed by atoms with Crippen molar-refractivity contribution in [2.45, 2.75) is 13.5 Å². The highest BCUT2D eigenvalue weighted by Gasteiger charge is 2.39. The normalized spacial score (nSPS) is 13.5. The van der Waals surface area contributed by atoms with Gasteiger partial charge in [0.05, 0.1) is 5.69 Å². The summed E-state index contributed by atoms with van der Waals surface area (Å²) in [5, 5.41) is 5.93. The van der Waals surface area contributed by atoms with E-state index in [0.29, 0.717) is 28.5 Å². The van der Waals surface area contributed by atoms with Crippen LogP contribution in [0.2, 0.25) is 5.02 Å². The first-order valence-corrected chi connectivity index (χ1v) is 10.8. The first-order chi connectivity index (χ1) is 15.8. The van der Waals surface area contributed by atoms with Crippen LogP contribution in [0.5, 0.6) is 0 Å². The van der Waals surface area contributed by atoms with Crippen molar-refractivity contribution >= 4 is 52.3 Å². The standard InChI is InChI=1S/C25H19Cl2N3O3/c1-15-10-11-19(13-20(15)26)30-24(32)21(27)22(25(30)33)29-18-9-5-8-17(12-18)23(31)28-14-16-6-3-2-4-7-16/h2-13,29H,14H2,1H3,(H,28,31). The topological polar surface area (TPSA) is 78.5 Å². The molecular formula is C25H19Cl2N3O3. The van der Waals surface area contributed by atoms with Gasteiger partial charge in [-0.3, -0.25) is 14.4 Å². The van der Waals surface area contributed by atoms with E-state index >= 15 is 0 Å². The Morgan fingerprint density at radius 2 is 1.67 bits per heavy atom. The number of carbonyl (C=O) groups is 3. The van der Waals surface area contributed by atoms with Gasteiger partial charge in [-0.05, 0) is 48.4 Å². The lowest BCUT2D eigenvalue weighted by Crippen LogP contribution is -2.32. The number of rotatable bonds is 6. The summed E-state index contributed by atoms with van der Waals surface area (Å²) in [5.41, 5.74) is 2.89. The van der Waals surface area contributed by atoms with Crippen molar-refractivity contribution in [1.82, 2.24) is 5.32 Å². The molecule has 3 aromatic rings. The van der Waals surface area contributed by atoms with E-state index in [-0.39, 0.29) is 16.6 Å². The smallest absolute Gasteiger partial charge is 0.283 e. The summed E-state index contributed by atoms with van der Waals surface area (Å²) in [4.78, 5) is 39.2. The van der Waals surface area contributed by atoms with E-state index in [9.17, 15) is 14.4 Å². The van der Waals surface area contributed by atoms with Crippen molar-refractivity contribution < 1.29 is 14.4 Å². The van der Waals surface area contributed by atoms with Crippen molar-refractivity contribution in [2.75, 3.05) is 10.2 Å². The second-order valence-electron chi connectivity index (χ2n) is 7.44.